The van der Waals surface area contributed by atoms with Gasteiger partial charge in [0.15, 0.2) is 5.84 Å². The van der Waals surface area contributed by atoms with Crippen LogP contribution in [0.15, 0.2) is 50.5 Å². The van der Waals surface area contributed by atoms with E-state index < -0.39 is 32.8 Å². The van der Waals surface area contributed by atoms with Crippen LogP contribution in [0.3, 0.4) is 0 Å². The number of oxime groups is 1. The molecule has 0 fully saturated rings. The molecular formula is C14H15N5O5S. The van der Waals surface area contributed by atoms with Gasteiger partial charge in [0.2, 0.25) is 11.7 Å². The van der Waals surface area contributed by atoms with Gasteiger partial charge in [-0.3, -0.25) is 19.2 Å². The van der Waals surface area contributed by atoms with Gasteiger partial charge in [-0.1, -0.05) is 11.2 Å². The van der Waals surface area contributed by atoms with Gasteiger partial charge < -0.3 is 10.9 Å². The number of nitrogens with zero attached hydrogens (tertiary/aromatic N) is 4. The van der Waals surface area contributed by atoms with E-state index in [-0.39, 0.29) is 11.5 Å². The summed E-state index contributed by atoms with van der Waals surface area (Å²) in [6.45, 7) is 4.95. The van der Waals surface area contributed by atoms with Crippen molar-refractivity contribution >= 4 is 40.1 Å². The molecular weight excluding hydrogens is 350 g/mol. The Morgan fingerprint density at radius 1 is 1.44 bits per heavy atom. The molecule has 0 saturated heterocycles. The third-order valence-electron chi connectivity index (χ3n) is 3.33. The summed E-state index contributed by atoms with van der Waals surface area (Å²) in [6, 6.07) is 2.95. The Hall–Kier alpha value is -3.05. The number of amidine groups is 1. The number of guanidine groups is 1. The molecule has 0 aliphatic carbocycles. The number of rotatable bonds is 3. The quantitative estimate of drug-likeness (QED) is 0.229. The fourth-order valence-electron chi connectivity index (χ4n) is 2.20. The van der Waals surface area contributed by atoms with Crippen LogP contribution < -0.4 is 10.6 Å². The largest absolute Gasteiger partial charge is 0.408 e. The number of benzene rings is 1. The van der Waals surface area contributed by atoms with Crippen LogP contribution in [0.25, 0.3) is 0 Å². The summed E-state index contributed by atoms with van der Waals surface area (Å²) in [7, 11) is -4.67. The van der Waals surface area contributed by atoms with Crippen molar-refractivity contribution < 1.29 is 23.0 Å². The number of hydrogen-bond acceptors (Lipinski definition) is 7. The molecule has 1 aliphatic heterocycles. The first kappa shape index (κ1) is 18.3. The van der Waals surface area contributed by atoms with Gasteiger partial charge in [-0.05, 0) is 37.4 Å². The van der Waals surface area contributed by atoms with Crippen LogP contribution in [-0.4, -0.2) is 48.5 Å². The predicted octanol–water partition coefficient (Wildman–Crippen LogP) is 0.316. The summed E-state index contributed by atoms with van der Waals surface area (Å²) in [4.78, 5) is 20.3. The molecule has 1 aromatic rings. The Kier molecular flexibility index (Phi) is 4.99. The van der Waals surface area contributed by atoms with E-state index in [0.717, 1.165) is 11.0 Å². The molecule has 0 aromatic heterocycles. The van der Waals surface area contributed by atoms with Crippen LogP contribution in [0.1, 0.15) is 5.56 Å². The van der Waals surface area contributed by atoms with Gasteiger partial charge in [0.05, 0.1) is 5.69 Å². The van der Waals surface area contributed by atoms with Crippen LogP contribution in [0, 0.1) is 6.92 Å². The highest BCUT2D eigenvalue weighted by molar-refractivity contribution is 7.86. The molecule has 25 heavy (non-hydrogen) atoms. The highest BCUT2D eigenvalue weighted by Gasteiger charge is 2.33. The number of Topliss-reactive ketones (excluding diaryl/α,β-unsaturated/α-hetero) is 1. The van der Waals surface area contributed by atoms with E-state index in [1.165, 1.54) is 24.4 Å². The minimum atomic E-state index is -4.67. The van der Waals surface area contributed by atoms with E-state index in [1.807, 2.05) is 0 Å². The van der Waals surface area contributed by atoms with Crippen LogP contribution in [-0.2, 0) is 14.9 Å². The third kappa shape index (κ3) is 3.56. The second kappa shape index (κ2) is 6.83. The number of ketones is 1. The normalized spacial score (nSPS) is 18.0. The standard InChI is InChI=1S/C14H15N5O5S/c1-8-3-4-11(25(22,23)24)10(7-8)19(14(15)18-21)13-12(20)9(16-2)5-6-17-13/h3-7,9,21H,2H2,1H3,(H2,15,18)(H,22,23,24). The highest BCUT2D eigenvalue weighted by Crippen LogP contribution is 2.28. The van der Waals surface area contributed by atoms with E-state index in [4.69, 9.17) is 10.9 Å². The second-order valence-electron chi connectivity index (χ2n) is 5.03. The van der Waals surface area contributed by atoms with Crippen LogP contribution in [0.5, 0.6) is 0 Å². The Balaban J connectivity index is 2.76. The lowest BCUT2D eigenvalue weighted by Gasteiger charge is -2.27. The molecule has 1 atom stereocenters. The Labute approximate surface area is 143 Å². The van der Waals surface area contributed by atoms with E-state index in [9.17, 15) is 17.8 Å². The van der Waals surface area contributed by atoms with Gasteiger partial charge in [0.25, 0.3) is 10.1 Å². The zero-order valence-corrected chi connectivity index (χ0v) is 13.9. The smallest absolute Gasteiger partial charge is 0.296 e. The van der Waals surface area contributed by atoms with E-state index in [2.05, 4.69) is 21.9 Å². The Morgan fingerprint density at radius 2 is 2.12 bits per heavy atom. The number of hydrogen-bond donors (Lipinski definition) is 3. The summed E-state index contributed by atoms with van der Waals surface area (Å²) in [5.74, 6) is -1.61. The van der Waals surface area contributed by atoms with Gasteiger partial charge in [-0.25, -0.2) is 4.99 Å². The van der Waals surface area contributed by atoms with Crippen molar-refractivity contribution in [3.05, 3.63) is 36.0 Å². The summed E-state index contributed by atoms with van der Waals surface area (Å²) in [6.07, 6.45) is 2.64. The number of carbonyl (C=O) groups excluding carboxylic acids is 1. The monoisotopic (exact) mass is 365 g/mol. The molecule has 0 bridgehead atoms. The Morgan fingerprint density at radius 3 is 2.68 bits per heavy atom. The van der Waals surface area contributed by atoms with Crippen molar-refractivity contribution in [1.29, 1.82) is 0 Å². The summed E-state index contributed by atoms with van der Waals surface area (Å²) < 4.78 is 32.8. The zero-order valence-electron chi connectivity index (χ0n) is 13.1. The van der Waals surface area contributed by atoms with Crippen LogP contribution in [0.2, 0.25) is 0 Å². The van der Waals surface area contributed by atoms with Crippen molar-refractivity contribution in [3.8, 4) is 0 Å². The lowest BCUT2D eigenvalue weighted by Crippen LogP contribution is -2.49. The maximum Gasteiger partial charge on any atom is 0.296 e. The van der Waals surface area contributed by atoms with E-state index in [1.54, 1.807) is 6.92 Å². The number of aryl methyl sites for hydroxylation is 1. The van der Waals surface area contributed by atoms with Crippen LogP contribution >= 0.6 is 0 Å². The average Bonchev–Trinajstić information content (AvgIpc) is 2.55. The maximum absolute atomic E-state index is 12.5. The van der Waals surface area contributed by atoms with Crippen LogP contribution in [0.4, 0.5) is 5.69 Å². The maximum atomic E-state index is 12.5. The van der Waals surface area contributed by atoms with E-state index >= 15 is 0 Å². The Bertz CT molecular complexity index is 920. The van der Waals surface area contributed by atoms with Gasteiger partial charge in [0, 0.05) is 6.20 Å². The molecule has 1 heterocycles. The predicted molar refractivity (Wildman–Crippen MR) is 91.8 cm³/mol. The number of aliphatic imine (C=N–C) groups is 2. The fourth-order valence-corrected chi connectivity index (χ4v) is 2.86. The van der Waals surface area contributed by atoms with Gasteiger partial charge >= 0.3 is 0 Å². The highest BCUT2D eigenvalue weighted by atomic mass is 32.2. The molecule has 2 rings (SSSR count). The van der Waals surface area contributed by atoms with Crippen molar-refractivity contribution in [3.63, 3.8) is 0 Å². The first-order valence-corrected chi connectivity index (χ1v) is 8.25. The molecule has 4 N–H and O–H groups in total. The van der Waals surface area contributed by atoms with Gasteiger partial charge in [-0.2, -0.15) is 8.42 Å². The molecule has 0 amide bonds. The molecule has 0 radical (unpaired) electrons. The summed E-state index contributed by atoms with van der Waals surface area (Å²) in [5, 5.41) is 11.9. The van der Waals surface area contributed by atoms with Crippen molar-refractivity contribution in [1.82, 2.24) is 0 Å². The lowest BCUT2D eigenvalue weighted by atomic mass is 10.1. The molecule has 0 saturated carbocycles. The van der Waals surface area contributed by atoms with E-state index in [0.29, 0.717) is 5.56 Å². The second-order valence-corrected chi connectivity index (χ2v) is 6.42. The molecule has 0 spiro atoms. The molecule has 1 unspecified atom stereocenters. The van der Waals surface area contributed by atoms with Crippen molar-refractivity contribution in [2.75, 3.05) is 4.90 Å². The molecule has 132 valence electrons. The zero-order chi connectivity index (χ0) is 18.8. The number of carbonyl (C=O) groups is 1. The fraction of sp³-hybridized carbons (Fsp3) is 0.143. The average molecular weight is 365 g/mol. The minimum Gasteiger partial charge on any atom is -0.408 e. The third-order valence-corrected chi connectivity index (χ3v) is 4.23. The molecule has 10 nitrogen and oxygen atoms in total. The molecule has 11 heteroatoms. The minimum absolute atomic E-state index is 0.206. The first-order chi connectivity index (χ1) is 11.7. The van der Waals surface area contributed by atoms with Crippen molar-refractivity contribution in [2.24, 2.45) is 20.9 Å². The molecule has 1 aliphatic rings. The summed E-state index contributed by atoms with van der Waals surface area (Å²) in [5.41, 5.74) is 6.03. The summed E-state index contributed by atoms with van der Waals surface area (Å²) >= 11 is 0. The topological polar surface area (TPSA) is 158 Å². The van der Waals surface area contributed by atoms with Gasteiger partial charge in [0.1, 0.15) is 10.9 Å². The number of nitrogens with two attached hydrogens (primary N) is 1. The lowest BCUT2D eigenvalue weighted by molar-refractivity contribution is -0.113. The first-order valence-electron chi connectivity index (χ1n) is 6.81. The van der Waals surface area contributed by atoms with Gasteiger partial charge in [-0.15, -0.1) is 0 Å². The molecule has 1 aromatic carbocycles. The van der Waals surface area contributed by atoms with Crippen molar-refractivity contribution in [2.45, 2.75) is 17.9 Å². The SMILES string of the molecule is C=NC1C=CN=C(N(C(N)=NO)c2cc(C)ccc2S(=O)(=O)O)C1=O. The number of anilines is 1.